The van der Waals surface area contributed by atoms with Crippen LogP contribution in [0.25, 0.3) is 0 Å². The van der Waals surface area contributed by atoms with Gasteiger partial charge >= 0.3 is 0 Å². The van der Waals surface area contributed by atoms with E-state index >= 15 is 0 Å². The number of aryl methyl sites for hydroxylation is 1. The summed E-state index contributed by atoms with van der Waals surface area (Å²) in [5, 5.41) is 0. The summed E-state index contributed by atoms with van der Waals surface area (Å²) in [6, 6.07) is 6.31. The normalized spacial score (nSPS) is 29.6. The number of Topliss-reactive ketones (excluding diaryl/α,β-unsaturated/α-hetero) is 1. The van der Waals surface area contributed by atoms with E-state index in [0.29, 0.717) is 29.9 Å². The van der Waals surface area contributed by atoms with E-state index in [9.17, 15) is 9.18 Å². The van der Waals surface area contributed by atoms with E-state index in [1.807, 2.05) is 6.07 Å². The van der Waals surface area contributed by atoms with Crippen LogP contribution in [-0.4, -0.2) is 29.8 Å². The Labute approximate surface area is 120 Å². The lowest BCUT2D eigenvalue weighted by atomic mass is 9.85. The van der Waals surface area contributed by atoms with Crippen LogP contribution in [0.3, 0.4) is 0 Å². The number of nitrogens with zero attached hydrogens (tertiary/aromatic N) is 1. The van der Waals surface area contributed by atoms with Gasteiger partial charge in [0.1, 0.15) is 11.6 Å². The predicted molar refractivity (Wildman–Crippen MR) is 77.1 cm³/mol. The van der Waals surface area contributed by atoms with E-state index in [2.05, 4.69) is 11.9 Å². The molecule has 2 aliphatic heterocycles. The smallest absolute Gasteiger partial charge is 0.140 e. The van der Waals surface area contributed by atoms with Crippen LogP contribution in [-0.2, 0) is 11.2 Å². The second kappa shape index (κ2) is 5.28. The summed E-state index contributed by atoms with van der Waals surface area (Å²) in [5.41, 5.74) is 1.45. The molecule has 0 N–H and O–H groups in total. The average molecular weight is 275 g/mol. The molecule has 0 aromatic heterocycles. The van der Waals surface area contributed by atoms with Crippen molar-refractivity contribution < 1.29 is 9.18 Å². The molecule has 0 radical (unpaired) electrons. The van der Waals surface area contributed by atoms with Crippen molar-refractivity contribution in [1.29, 1.82) is 0 Å². The molecule has 0 spiro atoms. The summed E-state index contributed by atoms with van der Waals surface area (Å²) in [5.74, 6) is 0.255. The number of hydrogen-bond acceptors (Lipinski definition) is 2. The van der Waals surface area contributed by atoms with Gasteiger partial charge in [-0.1, -0.05) is 12.1 Å². The molecular weight excluding hydrogens is 253 g/mol. The molecule has 20 heavy (non-hydrogen) atoms. The van der Waals surface area contributed by atoms with Crippen molar-refractivity contribution in [2.75, 3.05) is 7.05 Å². The molecule has 2 atom stereocenters. The quantitative estimate of drug-likeness (QED) is 0.844. The Bertz CT molecular complexity index is 514. The lowest BCUT2D eigenvalue weighted by Gasteiger charge is -2.35. The molecule has 1 aromatic carbocycles. The monoisotopic (exact) mass is 275 g/mol. The maximum Gasteiger partial charge on any atom is 0.140 e. The summed E-state index contributed by atoms with van der Waals surface area (Å²) in [7, 11) is 2.18. The predicted octanol–water partition coefficient (Wildman–Crippen LogP) is 3.12. The Balaban J connectivity index is 1.66. The molecule has 3 heteroatoms. The fourth-order valence-electron chi connectivity index (χ4n) is 3.77. The van der Waals surface area contributed by atoms with E-state index in [-0.39, 0.29) is 11.7 Å². The second-order valence-corrected chi connectivity index (χ2v) is 6.45. The molecular formula is C17H22FNO. The number of rotatable bonds is 3. The van der Waals surface area contributed by atoms with Gasteiger partial charge in [-0.2, -0.15) is 0 Å². The van der Waals surface area contributed by atoms with E-state index in [1.54, 1.807) is 13.0 Å². The van der Waals surface area contributed by atoms with E-state index < -0.39 is 0 Å². The van der Waals surface area contributed by atoms with E-state index in [0.717, 1.165) is 18.4 Å². The van der Waals surface area contributed by atoms with Gasteiger partial charge in [0.2, 0.25) is 0 Å². The minimum absolute atomic E-state index is 0.174. The third kappa shape index (κ3) is 2.51. The maximum absolute atomic E-state index is 13.5. The van der Waals surface area contributed by atoms with Crippen molar-refractivity contribution in [2.24, 2.45) is 5.92 Å². The Morgan fingerprint density at radius 3 is 2.55 bits per heavy atom. The van der Waals surface area contributed by atoms with Gasteiger partial charge in [0.25, 0.3) is 0 Å². The second-order valence-electron chi connectivity index (χ2n) is 6.45. The Morgan fingerprint density at radius 2 is 1.95 bits per heavy atom. The highest BCUT2D eigenvalue weighted by atomic mass is 19.1. The zero-order valence-electron chi connectivity index (χ0n) is 12.2. The third-order valence-corrected chi connectivity index (χ3v) is 5.17. The third-order valence-electron chi connectivity index (χ3n) is 5.17. The molecule has 2 saturated heterocycles. The minimum atomic E-state index is -0.209. The summed E-state index contributed by atoms with van der Waals surface area (Å²) in [4.78, 5) is 14.9. The SMILES string of the molecule is Cc1ccc(CC(=O)C2CC3CCC(C2)N3C)cc1F. The molecule has 0 saturated carbocycles. The number of halogens is 1. The van der Waals surface area contributed by atoms with Gasteiger partial charge in [0, 0.05) is 24.4 Å². The van der Waals surface area contributed by atoms with Crippen molar-refractivity contribution in [2.45, 2.75) is 51.1 Å². The number of carbonyl (C=O) groups is 1. The summed E-state index contributed by atoms with van der Waals surface area (Å²) >= 11 is 0. The Hall–Kier alpha value is -1.22. The first kappa shape index (κ1) is 13.7. The summed E-state index contributed by atoms with van der Waals surface area (Å²) in [6.45, 7) is 1.75. The largest absolute Gasteiger partial charge is 0.300 e. The zero-order valence-corrected chi connectivity index (χ0v) is 12.2. The fraction of sp³-hybridized carbons (Fsp3) is 0.588. The van der Waals surface area contributed by atoms with Crippen molar-refractivity contribution >= 4 is 5.78 Å². The lowest BCUT2D eigenvalue weighted by Crippen LogP contribution is -2.42. The molecule has 3 rings (SSSR count). The molecule has 2 bridgehead atoms. The summed E-state index contributed by atoms with van der Waals surface area (Å²) < 4.78 is 13.5. The number of fused-ring (bicyclic) bond motifs is 2. The topological polar surface area (TPSA) is 20.3 Å². The average Bonchev–Trinajstić information content (AvgIpc) is 2.65. The fourth-order valence-corrected chi connectivity index (χ4v) is 3.77. The van der Waals surface area contributed by atoms with Crippen LogP contribution in [0.1, 0.15) is 36.8 Å². The Morgan fingerprint density at radius 1 is 1.30 bits per heavy atom. The number of piperidine rings is 1. The maximum atomic E-state index is 13.5. The van der Waals surface area contributed by atoms with Gasteiger partial charge in [-0.3, -0.25) is 4.79 Å². The highest BCUT2D eigenvalue weighted by Gasteiger charge is 2.40. The molecule has 2 heterocycles. The summed E-state index contributed by atoms with van der Waals surface area (Å²) in [6.07, 6.45) is 4.81. The first-order valence-corrected chi connectivity index (χ1v) is 7.54. The van der Waals surface area contributed by atoms with Gasteiger partial charge in [0.05, 0.1) is 0 Å². The first-order chi connectivity index (χ1) is 9.54. The molecule has 108 valence electrons. The van der Waals surface area contributed by atoms with Crippen LogP contribution < -0.4 is 0 Å². The highest BCUT2D eigenvalue weighted by Crippen LogP contribution is 2.38. The van der Waals surface area contributed by atoms with E-state index in [4.69, 9.17) is 0 Å². The first-order valence-electron chi connectivity index (χ1n) is 7.54. The standard InChI is InChI=1S/C17H22FNO/c1-11-3-4-12(7-16(11)18)8-17(20)13-9-14-5-6-15(10-13)19(14)2/h3-4,7,13-15H,5-6,8-10H2,1-2H3. The van der Waals surface area contributed by atoms with Gasteiger partial charge in [-0.05, 0) is 56.8 Å². The van der Waals surface area contributed by atoms with Crippen LogP contribution in [0, 0.1) is 18.7 Å². The zero-order chi connectivity index (χ0) is 14.3. The van der Waals surface area contributed by atoms with Gasteiger partial charge in [-0.15, -0.1) is 0 Å². The molecule has 1 aromatic rings. The van der Waals surface area contributed by atoms with E-state index in [1.165, 1.54) is 18.9 Å². The highest BCUT2D eigenvalue weighted by molar-refractivity contribution is 5.83. The van der Waals surface area contributed by atoms with Crippen LogP contribution in [0.15, 0.2) is 18.2 Å². The minimum Gasteiger partial charge on any atom is -0.300 e. The van der Waals surface area contributed by atoms with Crippen LogP contribution in [0.4, 0.5) is 4.39 Å². The van der Waals surface area contributed by atoms with Crippen molar-refractivity contribution in [3.63, 3.8) is 0 Å². The molecule has 0 aliphatic carbocycles. The number of carbonyl (C=O) groups excluding carboxylic acids is 1. The Kier molecular flexibility index (Phi) is 3.63. The van der Waals surface area contributed by atoms with Crippen LogP contribution in [0.5, 0.6) is 0 Å². The van der Waals surface area contributed by atoms with Crippen molar-refractivity contribution in [3.8, 4) is 0 Å². The lowest BCUT2D eigenvalue weighted by molar-refractivity contribution is -0.124. The number of ketones is 1. The van der Waals surface area contributed by atoms with Crippen molar-refractivity contribution in [3.05, 3.63) is 35.1 Å². The molecule has 2 unspecified atom stereocenters. The van der Waals surface area contributed by atoms with Gasteiger partial charge in [0.15, 0.2) is 0 Å². The molecule has 2 nitrogen and oxygen atoms in total. The van der Waals surface area contributed by atoms with Gasteiger partial charge in [-0.25, -0.2) is 4.39 Å². The molecule has 2 fully saturated rings. The van der Waals surface area contributed by atoms with Crippen LogP contribution in [0.2, 0.25) is 0 Å². The van der Waals surface area contributed by atoms with Crippen molar-refractivity contribution in [1.82, 2.24) is 4.90 Å². The van der Waals surface area contributed by atoms with Crippen LogP contribution >= 0.6 is 0 Å². The number of hydrogen-bond donors (Lipinski definition) is 0. The number of benzene rings is 1. The van der Waals surface area contributed by atoms with Gasteiger partial charge < -0.3 is 4.90 Å². The molecule has 2 aliphatic rings. The molecule has 0 amide bonds.